The fourth-order valence-corrected chi connectivity index (χ4v) is 1.49. The van der Waals surface area contributed by atoms with Gasteiger partial charge in [0, 0.05) is 10.7 Å². The molecule has 1 rings (SSSR count). The van der Waals surface area contributed by atoms with E-state index in [9.17, 15) is 4.79 Å². The Bertz CT molecular complexity index is 355. The summed E-state index contributed by atoms with van der Waals surface area (Å²) in [5.74, 6) is -0.305. The molecule has 0 spiro atoms. The molecule has 82 valence electrons. The highest BCUT2D eigenvalue weighted by atomic mass is 79.9. The highest BCUT2D eigenvalue weighted by Crippen LogP contribution is 2.15. The number of halogens is 1. The van der Waals surface area contributed by atoms with Gasteiger partial charge < -0.3 is 10.4 Å². The molecule has 0 aliphatic rings. The molecule has 0 unspecified atom stereocenters. The van der Waals surface area contributed by atoms with Crippen LogP contribution in [-0.2, 0) is 4.79 Å². The van der Waals surface area contributed by atoms with Crippen molar-refractivity contribution < 1.29 is 9.90 Å². The predicted octanol–water partition coefficient (Wildman–Crippen LogP) is 2.37. The summed E-state index contributed by atoms with van der Waals surface area (Å²) in [4.78, 5) is 15.0. The quantitative estimate of drug-likeness (QED) is 0.884. The van der Waals surface area contributed by atoms with Crippen LogP contribution in [0, 0.1) is 5.92 Å². The average Bonchev–Trinajstić information content (AvgIpc) is 2.13. The summed E-state index contributed by atoms with van der Waals surface area (Å²) < 4.78 is 0.868. The number of carboxylic acids is 1. The van der Waals surface area contributed by atoms with Crippen LogP contribution in [0.3, 0.4) is 0 Å². The summed E-state index contributed by atoms with van der Waals surface area (Å²) in [7, 11) is 0. The number of hydrogen-bond acceptors (Lipinski definition) is 3. The molecule has 5 heteroatoms. The Hall–Kier alpha value is -1.10. The van der Waals surface area contributed by atoms with Gasteiger partial charge in [-0.3, -0.25) is 0 Å². The van der Waals surface area contributed by atoms with Crippen LogP contribution in [0.4, 0.5) is 5.82 Å². The van der Waals surface area contributed by atoms with Crippen LogP contribution >= 0.6 is 15.9 Å². The van der Waals surface area contributed by atoms with Crippen molar-refractivity contribution in [2.24, 2.45) is 5.92 Å². The lowest BCUT2D eigenvalue weighted by Gasteiger charge is -2.18. The molecule has 0 aromatic carbocycles. The Balaban J connectivity index is 2.79. The van der Waals surface area contributed by atoms with Crippen LogP contribution in [-0.4, -0.2) is 22.1 Å². The van der Waals surface area contributed by atoms with E-state index in [0.29, 0.717) is 5.82 Å². The molecule has 0 saturated heterocycles. The summed E-state index contributed by atoms with van der Waals surface area (Å²) in [6.07, 6.45) is 1.62. The smallest absolute Gasteiger partial charge is 0.326 e. The van der Waals surface area contributed by atoms with E-state index in [4.69, 9.17) is 5.11 Å². The number of nitrogens with one attached hydrogen (secondary N) is 1. The minimum absolute atomic E-state index is 0.00304. The van der Waals surface area contributed by atoms with Crippen molar-refractivity contribution in [1.29, 1.82) is 0 Å². The van der Waals surface area contributed by atoms with Gasteiger partial charge in [-0.15, -0.1) is 0 Å². The van der Waals surface area contributed by atoms with Gasteiger partial charge in [0.1, 0.15) is 11.9 Å². The summed E-state index contributed by atoms with van der Waals surface area (Å²) in [6, 6.07) is 2.92. The number of anilines is 1. The highest BCUT2D eigenvalue weighted by Gasteiger charge is 2.21. The Morgan fingerprint density at radius 3 is 2.73 bits per heavy atom. The number of carboxylic acid groups (broad SMARTS) is 1. The van der Waals surface area contributed by atoms with Crippen LogP contribution in [0.15, 0.2) is 22.8 Å². The van der Waals surface area contributed by atoms with Gasteiger partial charge in [-0.25, -0.2) is 9.78 Å². The summed E-state index contributed by atoms with van der Waals surface area (Å²) in [6.45, 7) is 3.70. The van der Waals surface area contributed by atoms with Crippen molar-refractivity contribution in [2.45, 2.75) is 19.9 Å². The van der Waals surface area contributed by atoms with Crippen LogP contribution in [0.25, 0.3) is 0 Å². The van der Waals surface area contributed by atoms with E-state index < -0.39 is 12.0 Å². The standard InChI is InChI=1S/C10H13BrN2O2/c1-6(2)9(10(14)15)13-8-5-7(11)3-4-12-8/h3-6,9H,1-2H3,(H,12,13)(H,14,15)/t9-/m1/s1. The Morgan fingerprint density at radius 1 is 1.60 bits per heavy atom. The molecular formula is C10H13BrN2O2. The van der Waals surface area contributed by atoms with E-state index in [1.165, 1.54) is 0 Å². The molecule has 1 aromatic heterocycles. The van der Waals surface area contributed by atoms with E-state index in [2.05, 4.69) is 26.2 Å². The van der Waals surface area contributed by atoms with Crippen molar-refractivity contribution in [3.05, 3.63) is 22.8 Å². The summed E-state index contributed by atoms with van der Waals surface area (Å²) in [5, 5.41) is 11.9. The molecule has 2 N–H and O–H groups in total. The number of carbonyl (C=O) groups is 1. The van der Waals surface area contributed by atoms with Crippen molar-refractivity contribution in [1.82, 2.24) is 4.98 Å². The molecule has 4 nitrogen and oxygen atoms in total. The SMILES string of the molecule is CC(C)[C@@H](Nc1cc(Br)ccn1)C(=O)O. The second kappa shape index (κ2) is 5.11. The minimum Gasteiger partial charge on any atom is -0.480 e. The number of nitrogens with zero attached hydrogens (tertiary/aromatic N) is 1. The van der Waals surface area contributed by atoms with Crippen LogP contribution in [0.1, 0.15) is 13.8 Å². The van der Waals surface area contributed by atoms with E-state index >= 15 is 0 Å². The zero-order valence-corrected chi connectivity index (χ0v) is 10.2. The minimum atomic E-state index is -0.869. The molecule has 0 aliphatic heterocycles. The fraction of sp³-hybridized carbons (Fsp3) is 0.400. The molecule has 0 amide bonds. The molecule has 1 aromatic rings. The number of aliphatic carboxylic acids is 1. The molecule has 0 saturated carbocycles. The maximum absolute atomic E-state index is 10.9. The molecule has 1 atom stereocenters. The monoisotopic (exact) mass is 272 g/mol. The molecular weight excluding hydrogens is 260 g/mol. The van der Waals surface area contributed by atoms with E-state index in [1.54, 1.807) is 18.3 Å². The maximum atomic E-state index is 10.9. The largest absolute Gasteiger partial charge is 0.480 e. The first-order valence-electron chi connectivity index (χ1n) is 4.61. The molecule has 0 bridgehead atoms. The second-order valence-electron chi connectivity index (χ2n) is 3.56. The van der Waals surface area contributed by atoms with E-state index in [1.807, 2.05) is 13.8 Å². The first kappa shape index (κ1) is 12.0. The Labute approximate surface area is 96.8 Å². The zero-order chi connectivity index (χ0) is 11.4. The molecule has 0 aliphatic carbocycles. The third-order valence-corrected chi connectivity index (χ3v) is 2.45. The molecule has 0 radical (unpaired) electrons. The van der Waals surface area contributed by atoms with Gasteiger partial charge in [-0.05, 0) is 18.1 Å². The fourth-order valence-electron chi connectivity index (χ4n) is 1.16. The maximum Gasteiger partial charge on any atom is 0.326 e. The van der Waals surface area contributed by atoms with Crippen molar-refractivity contribution in [3.63, 3.8) is 0 Å². The number of rotatable bonds is 4. The van der Waals surface area contributed by atoms with Gasteiger partial charge in [-0.2, -0.15) is 0 Å². The zero-order valence-electron chi connectivity index (χ0n) is 8.57. The highest BCUT2D eigenvalue weighted by molar-refractivity contribution is 9.10. The van der Waals surface area contributed by atoms with Crippen LogP contribution < -0.4 is 5.32 Å². The third kappa shape index (κ3) is 3.51. The Morgan fingerprint density at radius 2 is 2.27 bits per heavy atom. The Kier molecular flexibility index (Phi) is 4.08. The molecule has 0 fully saturated rings. The summed E-state index contributed by atoms with van der Waals surface area (Å²) in [5.41, 5.74) is 0. The predicted molar refractivity (Wildman–Crippen MR) is 61.8 cm³/mol. The van der Waals surface area contributed by atoms with Gasteiger partial charge in [-0.1, -0.05) is 29.8 Å². The second-order valence-corrected chi connectivity index (χ2v) is 4.48. The van der Waals surface area contributed by atoms with Crippen molar-refractivity contribution >= 4 is 27.7 Å². The van der Waals surface area contributed by atoms with Gasteiger partial charge in [0.2, 0.25) is 0 Å². The van der Waals surface area contributed by atoms with Gasteiger partial charge in [0.15, 0.2) is 0 Å². The lowest BCUT2D eigenvalue weighted by Crippen LogP contribution is -2.34. The third-order valence-electron chi connectivity index (χ3n) is 1.96. The first-order chi connectivity index (χ1) is 7.00. The lowest BCUT2D eigenvalue weighted by atomic mass is 10.1. The van der Waals surface area contributed by atoms with Crippen molar-refractivity contribution in [2.75, 3.05) is 5.32 Å². The number of aromatic nitrogens is 1. The average molecular weight is 273 g/mol. The van der Waals surface area contributed by atoms with Crippen LogP contribution in [0.5, 0.6) is 0 Å². The van der Waals surface area contributed by atoms with Gasteiger partial charge >= 0.3 is 5.97 Å². The molecule has 1 heterocycles. The first-order valence-corrected chi connectivity index (χ1v) is 5.41. The van der Waals surface area contributed by atoms with E-state index in [-0.39, 0.29) is 5.92 Å². The van der Waals surface area contributed by atoms with Gasteiger partial charge in [0.25, 0.3) is 0 Å². The number of pyridine rings is 1. The molecule has 15 heavy (non-hydrogen) atoms. The topological polar surface area (TPSA) is 62.2 Å². The summed E-state index contributed by atoms with van der Waals surface area (Å²) >= 11 is 3.30. The number of hydrogen-bond donors (Lipinski definition) is 2. The normalized spacial score (nSPS) is 12.5. The van der Waals surface area contributed by atoms with Gasteiger partial charge in [0.05, 0.1) is 0 Å². The van der Waals surface area contributed by atoms with Crippen LogP contribution in [0.2, 0.25) is 0 Å². The van der Waals surface area contributed by atoms with Crippen molar-refractivity contribution in [3.8, 4) is 0 Å². The lowest BCUT2D eigenvalue weighted by molar-refractivity contribution is -0.138. The van der Waals surface area contributed by atoms with E-state index in [0.717, 1.165) is 4.47 Å².